The predicted octanol–water partition coefficient (Wildman–Crippen LogP) is 3.58. The number of amides is 1. The number of hydrogen-bond acceptors (Lipinski definition) is 1. The Kier molecular flexibility index (Phi) is 3.47. The Morgan fingerprint density at radius 1 is 1.00 bits per heavy atom. The van der Waals surface area contributed by atoms with Crippen molar-refractivity contribution in [2.45, 2.75) is 13.8 Å². The minimum absolute atomic E-state index is 0.0163. The van der Waals surface area contributed by atoms with Gasteiger partial charge in [0, 0.05) is 18.3 Å². The van der Waals surface area contributed by atoms with Crippen molar-refractivity contribution in [1.82, 2.24) is 0 Å². The van der Waals surface area contributed by atoms with Crippen LogP contribution in [0, 0.1) is 13.8 Å². The summed E-state index contributed by atoms with van der Waals surface area (Å²) >= 11 is 0. The molecule has 0 heterocycles. The maximum Gasteiger partial charge on any atom is 0.258 e. The molecule has 0 aliphatic carbocycles. The highest BCUT2D eigenvalue weighted by atomic mass is 16.2. The number of benzene rings is 2. The van der Waals surface area contributed by atoms with Crippen molar-refractivity contribution in [3.05, 3.63) is 65.2 Å². The topological polar surface area (TPSA) is 20.3 Å². The zero-order valence-corrected chi connectivity index (χ0v) is 11.0. The Hall–Kier alpha value is -2.09. The largest absolute Gasteiger partial charge is 0.311 e. The fourth-order valence-corrected chi connectivity index (χ4v) is 2.07. The monoisotopic (exact) mass is 239 g/mol. The second kappa shape index (κ2) is 5.05. The van der Waals surface area contributed by atoms with Gasteiger partial charge in [0.1, 0.15) is 0 Å². The normalized spacial score (nSPS) is 10.2. The van der Waals surface area contributed by atoms with Crippen LogP contribution in [0.1, 0.15) is 21.5 Å². The summed E-state index contributed by atoms with van der Waals surface area (Å²) in [7, 11) is 1.81. The number of nitrogens with zero attached hydrogens (tertiary/aromatic N) is 1. The number of carbonyl (C=O) groups excluding carboxylic acids is 1. The van der Waals surface area contributed by atoms with E-state index in [0.29, 0.717) is 5.56 Å². The molecule has 2 rings (SSSR count). The van der Waals surface area contributed by atoms with E-state index in [9.17, 15) is 4.79 Å². The molecule has 0 radical (unpaired) electrons. The minimum atomic E-state index is 0.0163. The number of anilines is 1. The summed E-state index contributed by atoms with van der Waals surface area (Å²) in [5.74, 6) is 0.0163. The molecule has 0 aliphatic rings. The van der Waals surface area contributed by atoms with Gasteiger partial charge in [-0.15, -0.1) is 0 Å². The lowest BCUT2D eigenvalue weighted by Crippen LogP contribution is -2.26. The molecule has 0 spiro atoms. The number of hydrogen-bond donors (Lipinski definition) is 0. The van der Waals surface area contributed by atoms with Gasteiger partial charge in [-0.2, -0.15) is 0 Å². The molecule has 2 heteroatoms. The second-order valence-corrected chi connectivity index (χ2v) is 4.52. The average molecular weight is 239 g/mol. The van der Waals surface area contributed by atoms with Crippen LogP contribution in [0.25, 0.3) is 0 Å². The van der Waals surface area contributed by atoms with E-state index in [1.54, 1.807) is 4.90 Å². The van der Waals surface area contributed by atoms with E-state index in [0.717, 1.165) is 11.3 Å². The van der Waals surface area contributed by atoms with Crippen molar-refractivity contribution in [3.8, 4) is 0 Å². The molecule has 2 nitrogen and oxygen atoms in total. The van der Waals surface area contributed by atoms with Gasteiger partial charge in [-0.3, -0.25) is 4.79 Å². The third kappa shape index (κ3) is 2.43. The van der Waals surface area contributed by atoms with Gasteiger partial charge in [-0.05, 0) is 37.6 Å². The smallest absolute Gasteiger partial charge is 0.258 e. The Labute approximate surface area is 108 Å². The highest BCUT2D eigenvalue weighted by Crippen LogP contribution is 2.21. The molecule has 2 aromatic carbocycles. The van der Waals surface area contributed by atoms with E-state index in [1.807, 2.05) is 56.4 Å². The quantitative estimate of drug-likeness (QED) is 0.784. The predicted molar refractivity (Wildman–Crippen MR) is 75.1 cm³/mol. The van der Waals surface area contributed by atoms with E-state index in [1.165, 1.54) is 5.56 Å². The van der Waals surface area contributed by atoms with Crippen molar-refractivity contribution >= 4 is 11.6 Å². The van der Waals surface area contributed by atoms with Crippen LogP contribution in [0.15, 0.2) is 48.5 Å². The van der Waals surface area contributed by atoms with Crippen LogP contribution in [-0.2, 0) is 0 Å². The lowest BCUT2D eigenvalue weighted by atomic mass is 10.1. The van der Waals surface area contributed by atoms with Gasteiger partial charge >= 0.3 is 0 Å². The molecule has 0 aliphatic heterocycles. The molecule has 0 unspecified atom stereocenters. The molecule has 0 aromatic heterocycles. The third-order valence-corrected chi connectivity index (χ3v) is 3.04. The van der Waals surface area contributed by atoms with Crippen molar-refractivity contribution in [2.75, 3.05) is 11.9 Å². The lowest BCUT2D eigenvalue weighted by Gasteiger charge is -2.20. The second-order valence-electron chi connectivity index (χ2n) is 4.52. The van der Waals surface area contributed by atoms with Gasteiger partial charge in [0.25, 0.3) is 5.91 Å². The van der Waals surface area contributed by atoms with E-state index < -0.39 is 0 Å². The van der Waals surface area contributed by atoms with E-state index >= 15 is 0 Å². The van der Waals surface area contributed by atoms with Gasteiger partial charge in [0.15, 0.2) is 0 Å². The van der Waals surface area contributed by atoms with Crippen LogP contribution in [0.5, 0.6) is 0 Å². The van der Waals surface area contributed by atoms with E-state index in [-0.39, 0.29) is 5.91 Å². The summed E-state index contributed by atoms with van der Waals surface area (Å²) in [6.45, 7) is 4.08. The van der Waals surface area contributed by atoms with Crippen molar-refractivity contribution in [2.24, 2.45) is 0 Å². The van der Waals surface area contributed by atoms with Crippen LogP contribution >= 0.6 is 0 Å². The summed E-state index contributed by atoms with van der Waals surface area (Å²) in [5.41, 5.74) is 3.98. The first kappa shape index (κ1) is 12.4. The Morgan fingerprint density at radius 3 is 2.28 bits per heavy atom. The molecule has 0 saturated heterocycles. The Bertz CT molecular complexity index is 561. The molecule has 0 N–H and O–H groups in total. The van der Waals surface area contributed by atoms with Crippen LogP contribution < -0.4 is 4.90 Å². The standard InChI is InChI=1S/C16H17NO/c1-12-9-10-15(13(2)11-12)17(3)16(18)14-7-5-4-6-8-14/h4-11H,1-3H3. The van der Waals surface area contributed by atoms with Gasteiger partial charge in [0.2, 0.25) is 0 Å². The molecule has 0 saturated carbocycles. The van der Waals surface area contributed by atoms with Gasteiger partial charge in [-0.25, -0.2) is 0 Å². The molecule has 2 aromatic rings. The first-order valence-electron chi connectivity index (χ1n) is 6.00. The zero-order valence-electron chi connectivity index (χ0n) is 11.0. The maximum atomic E-state index is 12.3. The Balaban J connectivity index is 2.31. The minimum Gasteiger partial charge on any atom is -0.311 e. The molecule has 0 bridgehead atoms. The van der Waals surface area contributed by atoms with Gasteiger partial charge in [-0.1, -0.05) is 35.9 Å². The van der Waals surface area contributed by atoms with Crippen molar-refractivity contribution < 1.29 is 4.79 Å². The fraction of sp³-hybridized carbons (Fsp3) is 0.188. The summed E-state index contributed by atoms with van der Waals surface area (Å²) < 4.78 is 0. The van der Waals surface area contributed by atoms with Crippen LogP contribution in [0.4, 0.5) is 5.69 Å². The highest BCUT2D eigenvalue weighted by Gasteiger charge is 2.14. The van der Waals surface area contributed by atoms with Crippen molar-refractivity contribution in [3.63, 3.8) is 0 Å². The van der Waals surface area contributed by atoms with Gasteiger partial charge < -0.3 is 4.90 Å². The first-order valence-corrected chi connectivity index (χ1v) is 6.00. The molecule has 0 atom stereocenters. The van der Waals surface area contributed by atoms with Crippen LogP contribution in [0.2, 0.25) is 0 Å². The summed E-state index contributed by atoms with van der Waals surface area (Å²) in [4.78, 5) is 14.0. The average Bonchev–Trinajstić information content (AvgIpc) is 2.38. The van der Waals surface area contributed by atoms with Crippen LogP contribution in [0.3, 0.4) is 0 Å². The summed E-state index contributed by atoms with van der Waals surface area (Å²) in [5, 5.41) is 0. The SMILES string of the molecule is Cc1ccc(N(C)C(=O)c2ccccc2)c(C)c1. The lowest BCUT2D eigenvalue weighted by molar-refractivity contribution is 0.0993. The summed E-state index contributed by atoms with van der Waals surface area (Å²) in [6.07, 6.45) is 0. The van der Waals surface area contributed by atoms with Crippen LogP contribution in [-0.4, -0.2) is 13.0 Å². The van der Waals surface area contributed by atoms with E-state index in [2.05, 4.69) is 13.0 Å². The van der Waals surface area contributed by atoms with Crippen molar-refractivity contribution in [1.29, 1.82) is 0 Å². The van der Waals surface area contributed by atoms with Gasteiger partial charge in [0.05, 0.1) is 0 Å². The first-order chi connectivity index (χ1) is 8.59. The molecule has 1 amide bonds. The molecular weight excluding hydrogens is 222 g/mol. The fourth-order valence-electron chi connectivity index (χ4n) is 2.07. The summed E-state index contributed by atoms with van der Waals surface area (Å²) in [6, 6.07) is 15.4. The Morgan fingerprint density at radius 2 is 1.67 bits per heavy atom. The molecular formula is C16H17NO. The number of rotatable bonds is 2. The molecule has 18 heavy (non-hydrogen) atoms. The molecule has 92 valence electrons. The maximum absolute atomic E-state index is 12.3. The number of aryl methyl sites for hydroxylation is 2. The highest BCUT2D eigenvalue weighted by molar-refractivity contribution is 6.06. The third-order valence-electron chi connectivity index (χ3n) is 3.04. The molecule has 0 fully saturated rings. The number of carbonyl (C=O) groups is 1. The zero-order chi connectivity index (χ0) is 13.1. The van der Waals surface area contributed by atoms with E-state index in [4.69, 9.17) is 0 Å².